The molecule has 1 aliphatic rings. The molecule has 1 heteroatoms. The lowest BCUT2D eigenvalue weighted by Crippen LogP contribution is -2.55. The second kappa shape index (κ2) is 7.93. The second-order valence-corrected chi connectivity index (χ2v) is 8.63. The van der Waals surface area contributed by atoms with Crippen LogP contribution in [0.3, 0.4) is 0 Å². The zero-order chi connectivity index (χ0) is 19.6. The maximum absolute atomic E-state index is 2.69. The van der Waals surface area contributed by atoms with Gasteiger partial charge in [0.05, 0.1) is 0 Å². The Balaban J connectivity index is 1.62. The van der Waals surface area contributed by atoms with Gasteiger partial charge in [0.1, 0.15) is 0 Å². The van der Waals surface area contributed by atoms with Gasteiger partial charge in [0.2, 0.25) is 0 Å². The van der Waals surface area contributed by atoms with Crippen molar-refractivity contribution in [3.05, 3.63) is 107 Å². The summed E-state index contributed by atoms with van der Waals surface area (Å²) < 4.78 is 0. The molecule has 0 unspecified atom stereocenters. The molecule has 0 bridgehead atoms. The lowest BCUT2D eigenvalue weighted by molar-refractivity contribution is 0.0418. The lowest BCUT2D eigenvalue weighted by atomic mass is 9.57. The smallest absolute Gasteiger partial charge is 0.0239 e. The van der Waals surface area contributed by atoms with E-state index < -0.39 is 0 Å². The highest BCUT2D eigenvalue weighted by Gasteiger charge is 2.49. The fraction of sp³-hybridized carbons (Fsp3) is 0.333. The van der Waals surface area contributed by atoms with E-state index in [1.54, 1.807) is 0 Å². The van der Waals surface area contributed by atoms with Crippen molar-refractivity contribution in [2.75, 3.05) is 0 Å². The Morgan fingerprint density at radius 2 is 1.32 bits per heavy atom. The summed E-state index contributed by atoms with van der Waals surface area (Å²) in [6.45, 7) is 7.86. The van der Waals surface area contributed by atoms with Crippen LogP contribution in [-0.4, -0.2) is 17.0 Å². The van der Waals surface area contributed by atoms with Crippen molar-refractivity contribution in [3.8, 4) is 0 Å². The molecule has 28 heavy (non-hydrogen) atoms. The monoisotopic (exact) mass is 369 g/mol. The van der Waals surface area contributed by atoms with E-state index in [1.807, 2.05) is 0 Å². The number of benzene rings is 3. The minimum atomic E-state index is 0.142. The summed E-state index contributed by atoms with van der Waals surface area (Å²) in [5.74, 6) is 0. The summed E-state index contributed by atoms with van der Waals surface area (Å²) in [6, 6.07) is 32.4. The molecule has 0 atom stereocenters. The van der Waals surface area contributed by atoms with Gasteiger partial charge >= 0.3 is 0 Å². The highest BCUT2D eigenvalue weighted by molar-refractivity contribution is 5.44. The predicted octanol–water partition coefficient (Wildman–Crippen LogP) is 6.35. The highest BCUT2D eigenvalue weighted by atomic mass is 15.2. The Labute approximate surface area is 170 Å². The molecule has 3 aromatic rings. The average Bonchev–Trinajstić information content (AvgIpc) is 2.69. The van der Waals surface area contributed by atoms with Crippen LogP contribution in [0.4, 0.5) is 0 Å². The van der Waals surface area contributed by atoms with Gasteiger partial charge < -0.3 is 0 Å². The van der Waals surface area contributed by atoms with Crippen LogP contribution in [0.1, 0.15) is 48.9 Å². The molecule has 144 valence electrons. The summed E-state index contributed by atoms with van der Waals surface area (Å²) in [4.78, 5) is 2.69. The van der Waals surface area contributed by atoms with Gasteiger partial charge in [0.25, 0.3) is 0 Å². The normalized spacial score (nSPS) is 21.7. The summed E-state index contributed by atoms with van der Waals surface area (Å²) in [5, 5.41) is 0. The molecule has 0 saturated heterocycles. The first-order valence-electron chi connectivity index (χ1n) is 10.5. The van der Waals surface area contributed by atoms with Crippen molar-refractivity contribution in [1.82, 2.24) is 4.90 Å². The molecular weight excluding hydrogens is 338 g/mol. The third-order valence-corrected chi connectivity index (χ3v) is 6.44. The molecule has 0 spiro atoms. The fourth-order valence-electron chi connectivity index (χ4n) is 4.77. The summed E-state index contributed by atoms with van der Waals surface area (Å²) in [6.07, 6.45) is 2.37. The molecule has 0 amide bonds. The van der Waals surface area contributed by atoms with E-state index in [0.717, 1.165) is 6.54 Å². The van der Waals surface area contributed by atoms with Crippen molar-refractivity contribution in [1.29, 1.82) is 0 Å². The molecule has 0 aromatic heterocycles. The van der Waals surface area contributed by atoms with E-state index >= 15 is 0 Å². The molecule has 3 aromatic carbocycles. The molecule has 0 N–H and O–H groups in total. The van der Waals surface area contributed by atoms with E-state index in [-0.39, 0.29) is 5.41 Å². The number of hydrogen-bond acceptors (Lipinski definition) is 1. The Bertz CT molecular complexity index is 875. The zero-order valence-electron chi connectivity index (χ0n) is 17.3. The van der Waals surface area contributed by atoms with Gasteiger partial charge in [-0.2, -0.15) is 0 Å². The Morgan fingerprint density at radius 3 is 1.89 bits per heavy atom. The molecule has 1 fully saturated rings. The molecule has 0 aliphatic heterocycles. The minimum absolute atomic E-state index is 0.142. The van der Waals surface area contributed by atoms with E-state index in [1.165, 1.54) is 35.1 Å². The van der Waals surface area contributed by atoms with Crippen molar-refractivity contribution >= 4 is 0 Å². The van der Waals surface area contributed by atoms with Gasteiger partial charge in [-0.25, -0.2) is 0 Å². The Hall–Kier alpha value is -2.38. The molecule has 1 saturated carbocycles. The maximum Gasteiger partial charge on any atom is 0.0239 e. The topological polar surface area (TPSA) is 3.24 Å². The third-order valence-electron chi connectivity index (χ3n) is 6.44. The van der Waals surface area contributed by atoms with Gasteiger partial charge in [0, 0.05) is 24.0 Å². The van der Waals surface area contributed by atoms with Crippen LogP contribution in [0, 0.1) is 6.92 Å². The molecule has 0 heterocycles. The van der Waals surface area contributed by atoms with Crippen molar-refractivity contribution in [2.45, 2.75) is 57.7 Å². The average molecular weight is 370 g/mol. The van der Waals surface area contributed by atoms with E-state index in [0.29, 0.717) is 12.1 Å². The van der Waals surface area contributed by atoms with Gasteiger partial charge in [-0.3, -0.25) is 4.90 Å². The minimum Gasteiger partial charge on any atom is -0.294 e. The van der Waals surface area contributed by atoms with Crippen molar-refractivity contribution in [2.24, 2.45) is 0 Å². The van der Waals surface area contributed by atoms with E-state index in [9.17, 15) is 0 Å². The molecule has 4 rings (SSSR count). The molecular formula is C27H31N. The van der Waals surface area contributed by atoms with Crippen LogP contribution in [0.25, 0.3) is 0 Å². The fourth-order valence-corrected chi connectivity index (χ4v) is 4.77. The zero-order valence-corrected chi connectivity index (χ0v) is 17.3. The largest absolute Gasteiger partial charge is 0.294 e. The predicted molar refractivity (Wildman–Crippen MR) is 119 cm³/mol. The first kappa shape index (κ1) is 19.0. The Morgan fingerprint density at radius 1 is 0.786 bits per heavy atom. The summed E-state index contributed by atoms with van der Waals surface area (Å²) in [5.41, 5.74) is 5.80. The third kappa shape index (κ3) is 3.64. The van der Waals surface area contributed by atoms with Gasteiger partial charge in [-0.05, 0) is 50.3 Å². The summed E-state index contributed by atoms with van der Waals surface area (Å²) >= 11 is 0. The SMILES string of the molecule is Cc1ccc(C2(c3ccccc3)CC(N(Cc3ccccc3)C(C)C)C2)cc1. The van der Waals surface area contributed by atoms with E-state index in [2.05, 4.69) is 111 Å². The summed E-state index contributed by atoms with van der Waals surface area (Å²) in [7, 11) is 0. The highest BCUT2D eigenvalue weighted by Crippen LogP contribution is 2.51. The van der Waals surface area contributed by atoms with Crippen LogP contribution >= 0.6 is 0 Å². The van der Waals surface area contributed by atoms with Crippen LogP contribution in [0.5, 0.6) is 0 Å². The number of rotatable bonds is 6. The number of aryl methyl sites for hydroxylation is 1. The Kier molecular flexibility index (Phi) is 5.37. The van der Waals surface area contributed by atoms with Crippen LogP contribution in [0.15, 0.2) is 84.9 Å². The standard InChI is InChI=1S/C27H31N/c1-21(2)28(20-23-10-6-4-7-11-23)26-18-27(19-26,24-12-8-5-9-13-24)25-16-14-22(3)15-17-25/h4-17,21,26H,18-20H2,1-3H3. The van der Waals surface area contributed by atoms with Crippen LogP contribution in [0.2, 0.25) is 0 Å². The quantitative estimate of drug-likeness (QED) is 0.489. The first-order valence-corrected chi connectivity index (χ1v) is 10.5. The number of hydrogen-bond donors (Lipinski definition) is 0. The van der Waals surface area contributed by atoms with Gasteiger partial charge in [0.15, 0.2) is 0 Å². The van der Waals surface area contributed by atoms with Crippen molar-refractivity contribution in [3.63, 3.8) is 0 Å². The van der Waals surface area contributed by atoms with Crippen LogP contribution < -0.4 is 0 Å². The second-order valence-electron chi connectivity index (χ2n) is 8.63. The van der Waals surface area contributed by atoms with E-state index in [4.69, 9.17) is 0 Å². The first-order chi connectivity index (χ1) is 13.6. The van der Waals surface area contributed by atoms with Gasteiger partial charge in [-0.15, -0.1) is 0 Å². The lowest BCUT2D eigenvalue weighted by Gasteiger charge is -2.54. The maximum atomic E-state index is 2.69. The molecule has 1 nitrogen and oxygen atoms in total. The van der Waals surface area contributed by atoms with Gasteiger partial charge in [-0.1, -0.05) is 90.5 Å². The molecule has 0 radical (unpaired) electrons. The molecule has 1 aliphatic carbocycles. The van der Waals surface area contributed by atoms with Crippen molar-refractivity contribution < 1.29 is 0 Å². The number of nitrogens with zero attached hydrogens (tertiary/aromatic N) is 1. The van der Waals surface area contributed by atoms with Crippen LogP contribution in [-0.2, 0) is 12.0 Å².